The van der Waals surface area contributed by atoms with E-state index in [0.717, 1.165) is 0 Å². The third kappa shape index (κ3) is 5.43. The van der Waals surface area contributed by atoms with Crippen molar-refractivity contribution in [2.75, 3.05) is 13.1 Å². The molecule has 1 saturated heterocycles. The number of hydrogen-bond acceptors (Lipinski definition) is 4. The van der Waals surface area contributed by atoms with Crippen LogP contribution in [0.15, 0.2) is 0 Å². The van der Waals surface area contributed by atoms with Crippen LogP contribution in [0.5, 0.6) is 0 Å². The lowest BCUT2D eigenvalue weighted by Gasteiger charge is -2.31. The lowest BCUT2D eigenvalue weighted by Crippen LogP contribution is -2.51. The van der Waals surface area contributed by atoms with Crippen molar-refractivity contribution in [1.29, 1.82) is 0 Å². The number of hydrogen-bond donors (Lipinski definition) is 4. The van der Waals surface area contributed by atoms with Crippen molar-refractivity contribution in [3.63, 3.8) is 0 Å². The van der Waals surface area contributed by atoms with E-state index in [2.05, 4.69) is 5.32 Å². The quantitative estimate of drug-likeness (QED) is 0.539. The van der Waals surface area contributed by atoms with Crippen LogP contribution in [-0.4, -0.2) is 63.4 Å². The molecule has 1 aliphatic heterocycles. The highest BCUT2D eigenvalue weighted by Gasteiger charge is 2.26. The van der Waals surface area contributed by atoms with E-state index in [-0.39, 0.29) is 25.8 Å². The predicted molar refractivity (Wildman–Crippen MR) is 68.3 cm³/mol. The maximum atomic E-state index is 11.9. The number of aliphatic hydroxyl groups excluding tert-OH is 1. The first-order valence-corrected chi connectivity index (χ1v) is 6.58. The van der Waals surface area contributed by atoms with Gasteiger partial charge in [0.15, 0.2) is 0 Å². The van der Waals surface area contributed by atoms with Crippen LogP contribution in [-0.2, 0) is 9.59 Å². The van der Waals surface area contributed by atoms with Crippen molar-refractivity contribution in [2.45, 2.75) is 44.2 Å². The molecule has 0 aliphatic carbocycles. The summed E-state index contributed by atoms with van der Waals surface area (Å²) in [6.07, 6.45) is 0.821. The molecule has 2 amide bonds. The Labute approximate surface area is 116 Å². The van der Waals surface area contributed by atoms with Gasteiger partial charge in [0, 0.05) is 19.5 Å². The van der Waals surface area contributed by atoms with E-state index in [4.69, 9.17) is 10.2 Å². The summed E-state index contributed by atoms with van der Waals surface area (Å²) in [6.45, 7) is 0.664. The van der Waals surface area contributed by atoms with Crippen LogP contribution in [0.2, 0.25) is 0 Å². The number of likely N-dealkylation sites (tertiary alicyclic amines) is 1. The normalized spacial score (nSPS) is 20.2. The number of carbonyl (C=O) groups is 3. The van der Waals surface area contributed by atoms with Crippen LogP contribution in [0.25, 0.3) is 0 Å². The molecule has 8 nitrogen and oxygen atoms in total. The molecule has 0 spiro atoms. The second kappa shape index (κ2) is 7.68. The predicted octanol–water partition coefficient (Wildman–Crippen LogP) is -0.139. The monoisotopic (exact) mass is 288 g/mol. The summed E-state index contributed by atoms with van der Waals surface area (Å²) in [6, 6.07) is -1.65. The maximum absolute atomic E-state index is 11.9. The highest BCUT2D eigenvalue weighted by atomic mass is 16.4. The lowest BCUT2D eigenvalue weighted by molar-refractivity contribution is -0.140. The molecular formula is C12H20N2O6. The smallest absolute Gasteiger partial charge is 0.326 e. The molecule has 114 valence electrons. The number of aliphatic hydroxyl groups is 1. The van der Waals surface area contributed by atoms with Gasteiger partial charge in [-0.2, -0.15) is 0 Å². The number of carbonyl (C=O) groups excluding carboxylic acids is 1. The highest BCUT2D eigenvalue weighted by Crippen LogP contribution is 2.10. The fourth-order valence-electron chi connectivity index (χ4n) is 2.09. The molecule has 0 aromatic heterocycles. The first-order chi connectivity index (χ1) is 9.40. The Kier molecular flexibility index (Phi) is 6.23. The third-order valence-corrected chi connectivity index (χ3v) is 3.16. The zero-order valence-corrected chi connectivity index (χ0v) is 11.1. The molecule has 1 aliphatic rings. The van der Waals surface area contributed by atoms with Gasteiger partial charge in [-0.1, -0.05) is 0 Å². The fourth-order valence-corrected chi connectivity index (χ4v) is 2.09. The number of rotatable bonds is 6. The van der Waals surface area contributed by atoms with E-state index in [9.17, 15) is 19.5 Å². The van der Waals surface area contributed by atoms with Gasteiger partial charge in [0.25, 0.3) is 0 Å². The summed E-state index contributed by atoms with van der Waals surface area (Å²) < 4.78 is 0. The number of aliphatic carboxylic acids is 2. The van der Waals surface area contributed by atoms with Gasteiger partial charge in [0.05, 0.1) is 6.10 Å². The van der Waals surface area contributed by atoms with E-state index in [0.29, 0.717) is 19.4 Å². The number of β-amino-alcohol motifs (C(OH)–C–C–N with tert-alkyl or cyclic N) is 1. The van der Waals surface area contributed by atoms with E-state index in [1.807, 2.05) is 0 Å². The topological polar surface area (TPSA) is 127 Å². The largest absolute Gasteiger partial charge is 0.481 e. The number of nitrogens with zero attached hydrogens (tertiary/aromatic N) is 1. The van der Waals surface area contributed by atoms with E-state index >= 15 is 0 Å². The van der Waals surface area contributed by atoms with Gasteiger partial charge in [0.1, 0.15) is 6.04 Å². The average Bonchev–Trinajstić information content (AvgIpc) is 2.36. The molecule has 1 unspecified atom stereocenters. The van der Waals surface area contributed by atoms with Crippen LogP contribution < -0.4 is 5.32 Å². The molecule has 0 aromatic rings. The molecule has 1 fully saturated rings. The van der Waals surface area contributed by atoms with Gasteiger partial charge in [-0.15, -0.1) is 0 Å². The first kappa shape index (κ1) is 16.2. The third-order valence-electron chi connectivity index (χ3n) is 3.16. The Morgan fingerprint density at radius 3 is 2.55 bits per heavy atom. The van der Waals surface area contributed by atoms with Gasteiger partial charge in [-0.25, -0.2) is 9.59 Å². The van der Waals surface area contributed by atoms with Crippen molar-refractivity contribution in [1.82, 2.24) is 10.2 Å². The minimum atomic E-state index is -1.19. The molecule has 20 heavy (non-hydrogen) atoms. The molecule has 8 heteroatoms. The van der Waals surface area contributed by atoms with Crippen LogP contribution in [0.1, 0.15) is 32.1 Å². The second-order valence-corrected chi connectivity index (χ2v) is 4.87. The Balaban J connectivity index is 2.45. The number of carboxylic acids is 2. The summed E-state index contributed by atoms with van der Waals surface area (Å²) in [4.78, 5) is 34.7. The molecule has 0 bridgehead atoms. The molecule has 0 radical (unpaired) electrons. The van der Waals surface area contributed by atoms with Gasteiger partial charge in [-0.3, -0.25) is 4.79 Å². The summed E-state index contributed by atoms with van der Waals surface area (Å²) >= 11 is 0. The second-order valence-electron chi connectivity index (χ2n) is 4.87. The van der Waals surface area contributed by atoms with Crippen LogP contribution in [0, 0.1) is 0 Å². The van der Waals surface area contributed by atoms with Gasteiger partial charge < -0.3 is 25.5 Å². The molecule has 4 N–H and O–H groups in total. The van der Waals surface area contributed by atoms with Gasteiger partial charge in [-0.05, 0) is 25.7 Å². The van der Waals surface area contributed by atoms with Gasteiger partial charge in [0.2, 0.25) is 0 Å². The number of urea groups is 1. The summed E-state index contributed by atoms with van der Waals surface area (Å²) in [7, 11) is 0. The lowest BCUT2D eigenvalue weighted by atomic mass is 10.1. The van der Waals surface area contributed by atoms with Crippen molar-refractivity contribution in [3.8, 4) is 0 Å². The molecule has 1 heterocycles. The van der Waals surface area contributed by atoms with Crippen molar-refractivity contribution in [3.05, 3.63) is 0 Å². The Morgan fingerprint density at radius 1 is 1.30 bits per heavy atom. The van der Waals surface area contributed by atoms with Crippen LogP contribution >= 0.6 is 0 Å². The Bertz CT molecular complexity index is 373. The average molecular weight is 288 g/mol. The van der Waals surface area contributed by atoms with E-state index < -0.39 is 30.1 Å². The van der Waals surface area contributed by atoms with E-state index in [1.54, 1.807) is 0 Å². The first-order valence-electron chi connectivity index (χ1n) is 6.58. The maximum Gasteiger partial charge on any atom is 0.326 e. The van der Waals surface area contributed by atoms with Crippen LogP contribution in [0.3, 0.4) is 0 Å². The SMILES string of the molecule is O=C(O)CCC[C@@H](NC(=O)N1CCCC(O)C1)C(=O)O. The fraction of sp³-hybridized carbons (Fsp3) is 0.750. The molecule has 1 rings (SSSR count). The van der Waals surface area contributed by atoms with Crippen molar-refractivity contribution >= 4 is 18.0 Å². The minimum Gasteiger partial charge on any atom is -0.481 e. The number of piperidine rings is 1. The number of amides is 2. The van der Waals surface area contributed by atoms with Gasteiger partial charge >= 0.3 is 18.0 Å². The zero-order valence-electron chi connectivity index (χ0n) is 11.1. The summed E-state index contributed by atoms with van der Waals surface area (Å²) in [5.74, 6) is -2.19. The molecule has 0 saturated carbocycles. The van der Waals surface area contributed by atoms with E-state index in [1.165, 1.54) is 4.90 Å². The zero-order chi connectivity index (χ0) is 15.1. The van der Waals surface area contributed by atoms with Crippen molar-refractivity contribution < 1.29 is 29.7 Å². The minimum absolute atomic E-state index is 0.0593. The Hall–Kier alpha value is -1.83. The molecule has 2 atom stereocenters. The number of carboxylic acid groups (broad SMARTS) is 2. The summed E-state index contributed by atoms with van der Waals surface area (Å²) in [5.41, 5.74) is 0. The van der Waals surface area contributed by atoms with Crippen LogP contribution in [0.4, 0.5) is 4.79 Å². The standard InChI is InChI=1S/C12H20N2O6/c15-8-3-2-6-14(7-8)12(20)13-9(11(18)19)4-1-5-10(16)17/h8-9,15H,1-7H2,(H,13,20)(H,16,17)(H,18,19)/t8?,9-/m1/s1. The summed E-state index contributed by atoms with van der Waals surface area (Å²) in [5, 5.41) is 29.4. The number of nitrogens with one attached hydrogen (secondary N) is 1. The molecule has 0 aromatic carbocycles. The molecular weight excluding hydrogens is 268 g/mol. The van der Waals surface area contributed by atoms with Crippen molar-refractivity contribution in [2.24, 2.45) is 0 Å². The Morgan fingerprint density at radius 2 is 2.00 bits per heavy atom. The highest BCUT2D eigenvalue weighted by molar-refractivity contribution is 5.82.